The van der Waals surface area contributed by atoms with Gasteiger partial charge in [-0.15, -0.1) is 0 Å². The fraction of sp³-hybridized carbons (Fsp3) is 0.214. The molecule has 0 aromatic heterocycles. The zero-order chi connectivity index (χ0) is 26.7. The molecule has 3 aromatic carbocycles. The fourth-order valence-corrected chi connectivity index (χ4v) is 4.42. The molecule has 4 rings (SSSR count). The van der Waals surface area contributed by atoms with Crippen LogP contribution < -0.4 is 9.47 Å². The van der Waals surface area contributed by atoms with Crippen LogP contribution in [0.25, 0.3) is 5.76 Å². The highest BCUT2D eigenvalue weighted by Crippen LogP contribution is 2.40. The summed E-state index contributed by atoms with van der Waals surface area (Å²) in [5.41, 5.74) is 2.23. The van der Waals surface area contributed by atoms with Crippen LogP contribution in [0.3, 0.4) is 0 Å². The van der Waals surface area contributed by atoms with Crippen LogP contribution in [0.2, 0.25) is 0 Å². The van der Waals surface area contributed by atoms with Gasteiger partial charge in [0.1, 0.15) is 5.76 Å². The normalized spacial score (nSPS) is 16.6. The predicted octanol–water partition coefficient (Wildman–Crippen LogP) is 4.58. The van der Waals surface area contributed by atoms with E-state index >= 15 is 0 Å². The van der Waals surface area contributed by atoms with Crippen LogP contribution in [0, 0.1) is 17.0 Å². The highest BCUT2D eigenvalue weighted by Gasteiger charge is 2.46. The van der Waals surface area contributed by atoms with E-state index in [1.54, 1.807) is 42.5 Å². The molecule has 0 saturated carbocycles. The van der Waals surface area contributed by atoms with E-state index in [-0.39, 0.29) is 23.6 Å². The first-order valence-electron chi connectivity index (χ1n) is 11.6. The predicted molar refractivity (Wildman–Crippen MR) is 137 cm³/mol. The quantitative estimate of drug-likeness (QED) is 0.157. The van der Waals surface area contributed by atoms with Gasteiger partial charge in [0, 0.05) is 24.2 Å². The van der Waals surface area contributed by atoms with Crippen molar-refractivity contribution in [3.8, 4) is 11.5 Å². The molecule has 37 heavy (non-hydrogen) atoms. The molecule has 1 saturated heterocycles. The third-order valence-electron chi connectivity index (χ3n) is 6.35. The Hall–Kier alpha value is -4.66. The number of ketones is 1. The Balaban J connectivity index is 1.78. The molecule has 9 nitrogen and oxygen atoms in total. The largest absolute Gasteiger partial charge is 0.507 e. The van der Waals surface area contributed by atoms with Gasteiger partial charge in [-0.1, -0.05) is 48.0 Å². The van der Waals surface area contributed by atoms with E-state index in [1.165, 1.54) is 37.3 Å². The van der Waals surface area contributed by atoms with Gasteiger partial charge in [0.05, 0.1) is 30.8 Å². The number of ether oxygens (including phenoxy) is 2. The number of hydrogen-bond acceptors (Lipinski definition) is 7. The van der Waals surface area contributed by atoms with Crippen molar-refractivity contribution >= 4 is 23.1 Å². The molecule has 1 heterocycles. The van der Waals surface area contributed by atoms with Gasteiger partial charge in [0.25, 0.3) is 17.4 Å². The van der Waals surface area contributed by atoms with Gasteiger partial charge in [-0.3, -0.25) is 19.7 Å². The van der Waals surface area contributed by atoms with Crippen molar-refractivity contribution in [1.29, 1.82) is 0 Å². The second kappa shape index (κ2) is 10.5. The van der Waals surface area contributed by atoms with Crippen LogP contribution in [-0.2, 0) is 16.0 Å². The number of methoxy groups -OCH3 is 2. The number of amides is 1. The number of aliphatic hydroxyl groups is 1. The summed E-state index contributed by atoms with van der Waals surface area (Å²) >= 11 is 0. The van der Waals surface area contributed by atoms with E-state index in [2.05, 4.69) is 0 Å². The first-order valence-corrected chi connectivity index (χ1v) is 11.6. The standard InChI is InChI=1S/C28H26N2O7/c1-17-7-10-19(11-8-17)26(31)24-25(20-5-4-6-21(16-20)30(34)35)29(28(33)27(24)32)14-13-18-9-12-22(36-2)23(15-18)37-3/h4-12,15-16,25,31H,13-14H2,1-3H3/t25-/m0/s1. The van der Waals surface area contributed by atoms with Gasteiger partial charge < -0.3 is 19.5 Å². The topological polar surface area (TPSA) is 119 Å². The van der Waals surface area contributed by atoms with Gasteiger partial charge in [-0.25, -0.2) is 0 Å². The number of aryl methyl sites for hydroxylation is 1. The molecule has 1 aliphatic heterocycles. The number of nitrogens with zero attached hydrogens (tertiary/aromatic N) is 2. The van der Waals surface area contributed by atoms with Crippen LogP contribution in [0.4, 0.5) is 5.69 Å². The van der Waals surface area contributed by atoms with E-state index < -0.39 is 22.7 Å². The van der Waals surface area contributed by atoms with Crippen molar-refractivity contribution in [1.82, 2.24) is 4.90 Å². The van der Waals surface area contributed by atoms with Crippen LogP contribution in [0.1, 0.15) is 28.3 Å². The Labute approximate surface area is 213 Å². The minimum absolute atomic E-state index is 0.110. The van der Waals surface area contributed by atoms with Gasteiger partial charge in [0.2, 0.25) is 0 Å². The number of Topliss-reactive ketones (excluding diaryl/α,β-unsaturated/α-hetero) is 1. The molecule has 190 valence electrons. The summed E-state index contributed by atoms with van der Waals surface area (Å²) in [6, 6.07) is 17.0. The summed E-state index contributed by atoms with van der Waals surface area (Å²) < 4.78 is 10.6. The Bertz CT molecular complexity index is 1400. The van der Waals surface area contributed by atoms with Gasteiger partial charge in [-0.2, -0.15) is 0 Å². The van der Waals surface area contributed by atoms with Crippen LogP contribution >= 0.6 is 0 Å². The van der Waals surface area contributed by atoms with Crippen molar-refractivity contribution in [2.45, 2.75) is 19.4 Å². The number of nitro groups is 1. The smallest absolute Gasteiger partial charge is 0.295 e. The summed E-state index contributed by atoms with van der Waals surface area (Å²) in [5, 5.41) is 22.6. The second-order valence-corrected chi connectivity index (χ2v) is 8.65. The highest BCUT2D eigenvalue weighted by molar-refractivity contribution is 6.46. The average Bonchev–Trinajstić information content (AvgIpc) is 3.16. The summed E-state index contributed by atoms with van der Waals surface area (Å²) in [4.78, 5) is 38.7. The van der Waals surface area contributed by atoms with Gasteiger partial charge >= 0.3 is 0 Å². The van der Waals surface area contributed by atoms with Crippen LogP contribution in [-0.4, -0.2) is 47.4 Å². The molecule has 0 bridgehead atoms. The summed E-state index contributed by atoms with van der Waals surface area (Å²) in [6.07, 6.45) is 0.364. The maximum atomic E-state index is 13.2. The molecule has 3 aromatic rings. The molecule has 1 N–H and O–H groups in total. The van der Waals surface area contributed by atoms with E-state index in [9.17, 15) is 24.8 Å². The minimum Gasteiger partial charge on any atom is -0.507 e. The lowest BCUT2D eigenvalue weighted by atomic mass is 9.94. The highest BCUT2D eigenvalue weighted by atomic mass is 16.6. The average molecular weight is 503 g/mol. The van der Waals surface area contributed by atoms with Crippen molar-refractivity contribution < 1.29 is 29.1 Å². The van der Waals surface area contributed by atoms with Crippen molar-refractivity contribution in [3.05, 3.63) is 105 Å². The molecule has 0 spiro atoms. The second-order valence-electron chi connectivity index (χ2n) is 8.65. The number of likely N-dealkylation sites (tertiary alicyclic amines) is 1. The number of carbonyl (C=O) groups is 2. The Morgan fingerprint density at radius 3 is 2.35 bits per heavy atom. The molecule has 0 aliphatic carbocycles. The lowest BCUT2D eigenvalue weighted by Crippen LogP contribution is -2.31. The Kier molecular flexibility index (Phi) is 7.24. The lowest BCUT2D eigenvalue weighted by Gasteiger charge is -2.25. The summed E-state index contributed by atoms with van der Waals surface area (Å²) in [6.45, 7) is 2.01. The van der Waals surface area contributed by atoms with E-state index in [0.29, 0.717) is 29.0 Å². The number of benzene rings is 3. The molecule has 1 fully saturated rings. The zero-order valence-corrected chi connectivity index (χ0v) is 20.6. The fourth-order valence-electron chi connectivity index (χ4n) is 4.42. The Morgan fingerprint density at radius 1 is 1.00 bits per heavy atom. The van der Waals surface area contributed by atoms with Crippen LogP contribution in [0.5, 0.6) is 11.5 Å². The summed E-state index contributed by atoms with van der Waals surface area (Å²) in [7, 11) is 3.05. The first kappa shape index (κ1) is 25.4. The monoisotopic (exact) mass is 502 g/mol. The van der Waals surface area contributed by atoms with E-state index in [0.717, 1.165) is 11.1 Å². The number of non-ortho nitro benzene ring substituents is 1. The van der Waals surface area contributed by atoms with Gasteiger partial charge in [-0.05, 0) is 36.6 Å². The molecular formula is C28H26N2O7. The number of carbonyl (C=O) groups excluding carboxylic acids is 2. The van der Waals surface area contributed by atoms with Gasteiger partial charge in [0.15, 0.2) is 11.5 Å². The molecule has 1 amide bonds. The zero-order valence-electron chi connectivity index (χ0n) is 20.6. The number of rotatable bonds is 8. The Morgan fingerprint density at radius 2 is 1.70 bits per heavy atom. The maximum Gasteiger partial charge on any atom is 0.295 e. The van der Waals surface area contributed by atoms with E-state index in [4.69, 9.17) is 9.47 Å². The lowest BCUT2D eigenvalue weighted by molar-refractivity contribution is -0.384. The molecule has 1 atom stereocenters. The molecule has 0 unspecified atom stereocenters. The van der Waals surface area contributed by atoms with Crippen molar-refractivity contribution in [2.24, 2.45) is 0 Å². The SMILES string of the molecule is COc1ccc(CCN2C(=O)C(=O)C(=C(O)c3ccc(C)cc3)[C@@H]2c2cccc([N+](=O)[O-])c2)cc1OC. The molecule has 9 heteroatoms. The first-order chi connectivity index (χ1) is 17.7. The summed E-state index contributed by atoms with van der Waals surface area (Å²) in [5.74, 6) is -0.881. The number of nitro benzene ring substituents is 1. The third-order valence-corrected chi connectivity index (χ3v) is 6.35. The molecule has 0 radical (unpaired) electrons. The number of aliphatic hydroxyl groups excluding tert-OH is 1. The minimum atomic E-state index is -0.999. The number of hydrogen-bond donors (Lipinski definition) is 1. The maximum absolute atomic E-state index is 13.2. The molecule has 1 aliphatic rings. The molecular weight excluding hydrogens is 476 g/mol. The van der Waals surface area contributed by atoms with Crippen LogP contribution in [0.15, 0.2) is 72.3 Å². The van der Waals surface area contributed by atoms with Crippen molar-refractivity contribution in [2.75, 3.05) is 20.8 Å². The van der Waals surface area contributed by atoms with Crippen molar-refractivity contribution in [3.63, 3.8) is 0 Å². The third kappa shape index (κ3) is 5.02. The van der Waals surface area contributed by atoms with E-state index in [1.807, 2.05) is 13.0 Å².